The number of anilines is 3. The van der Waals surface area contributed by atoms with E-state index in [0.29, 0.717) is 11.1 Å². The first-order chi connectivity index (χ1) is 32.7. The Morgan fingerprint density at radius 2 is 0.952 bits per heavy atom. The lowest BCUT2D eigenvalue weighted by atomic mass is 9.67. The third-order valence-corrected chi connectivity index (χ3v) is 13.6. The average Bonchev–Trinajstić information content (AvgIpc) is 3.80. The summed E-state index contributed by atoms with van der Waals surface area (Å²) >= 11 is 0. The third kappa shape index (κ3) is 5.70. The highest BCUT2D eigenvalue weighted by atomic mass is 15.1. The number of hydrogen-bond donors (Lipinski definition) is 0. The van der Waals surface area contributed by atoms with Gasteiger partial charge in [-0.3, -0.25) is 0 Å². The molecular weight excluding hydrogens is 759 g/mol. The number of fused-ring (bicyclic) bond motifs is 7. The molecule has 0 aromatic heterocycles. The SMILES string of the molecule is [2H]c1c([2H])c(-c2ccc3ccccc3c2)c([2H])c(N(c2ccc(-c3cccc4c3C(C)(C)c3ccccc3-4)cc2)c2ccc3c(c2)C(c2ccccc2)(c2ccccc2)c2ccccc2-3)c1[2H]. The zero-order valence-corrected chi connectivity index (χ0v) is 35.2. The maximum Gasteiger partial charge on any atom is 0.0714 e. The number of hydrogen-bond acceptors (Lipinski definition) is 1. The molecule has 0 atom stereocenters. The van der Waals surface area contributed by atoms with Gasteiger partial charge in [-0.25, -0.2) is 0 Å². The van der Waals surface area contributed by atoms with Crippen LogP contribution in [0.5, 0.6) is 0 Å². The molecule has 0 spiro atoms. The Hall–Kier alpha value is -7.74. The van der Waals surface area contributed by atoms with Crippen LogP contribution < -0.4 is 4.90 Å². The van der Waals surface area contributed by atoms with Crippen molar-refractivity contribution in [2.75, 3.05) is 4.90 Å². The van der Waals surface area contributed by atoms with E-state index in [4.69, 9.17) is 0 Å². The fourth-order valence-corrected chi connectivity index (χ4v) is 10.8. The summed E-state index contributed by atoms with van der Waals surface area (Å²) < 4.78 is 38.5. The number of rotatable bonds is 7. The molecule has 2 aliphatic carbocycles. The van der Waals surface area contributed by atoms with Crippen molar-refractivity contribution in [2.24, 2.45) is 0 Å². The summed E-state index contributed by atoms with van der Waals surface area (Å²) in [6.45, 7) is 4.61. The van der Waals surface area contributed by atoms with Gasteiger partial charge in [-0.1, -0.05) is 208 Å². The summed E-state index contributed by atoms with van der Waals surface area (Å²) in [7, 11) is 0. The highest BCUT2D eigenvalue weighted by Crippen LogP contribution is 2.58. The van der Waals surface area contributed by atoms with Crippen LogP contribution in [-0.4, -0.2) is 0 Å². The first-order valence-electron chi connectivity index (χ1n) is 23.8. The van der Waals surface area contributed by atoms with Crippen LogP contribution in [0.3, 0.4) is 0 Å². The third-order valence-electron chi connectivity index (χ3n) is 13.6. The normalized spacial score (nSPS) is 14.7. The van der Waals surface area contributed by atoms with Crippen LogP contribution >= 0.6 is 0 Å². The first-order valence-corrected chi connectivity index (χ1v) is 21.8. The summed E-state index contributed by atoms with van der Waals surface area (Å²) in [5.41, 5.74) is 16.0. The lowest BCUT2D eigenvalue weighted by Crippen LogP contribution is -2.28. The van der Waals surface area contributed by atoms with Crippen molar-refractivity contribution >= 4 is 27.8 Å². The summed E-state index contributed by atoms with van der Waals surface area (Å²) in [5, 5.41) is 2.02. The Morgan fingerprint density at radius 1 is 0.381 bits per heavy atom. The minimum absolute atomic E-state index is 0.0203. The van der Waals surface area contributed by atoms with Gasteiger partial charge in [0.05, 0.1) is 10.9 Å². The summed E-state index contributed by atoms with van der Waals surface area (Å²) in [5.74, 6) is 0. The molecule has 0 radical (unpaired) electrons. The standard InChI is InChI=1S/C62H45N/c1-61(2)57-29-13-11-26-54(57)56-28-16-27-52(60(56)61)43-33-35-49(36-34-43)63(50-24-15-19-45(40-50)46-32-31-42-17-9-10-18-44(42)39-46)51-37-38-55-53-25-12-14-30-58(53)62(59(55)41-51,47-20-5-3-6-21-47)48-22-7-4-8-23-48/h3-41H,1-2H3/i15D,19D,24D,40D. The fraction of sp³-hybridized carbons (Fsp3) is 0.0645. The Bertz CT molecular complexity index is 3560. The van der Waals surface area contributed by atoms with E-state index in [1.807, 2.05) is 47.4 Å². The smallest absolute Gasteiger partial charge is 0.0714 e. The molecule has 0 unspecified atom stereocenters. The predicted molar refractivity (Wildman–Crippen MR) is 264 cm³/mol. The van der Waals surface area contributed by atoms with Crippen LogP contribution in [0, 0.1) is 0 Å². The Labute approximate surface area is 375 Å². The molecule has 0 saturated carbocycles. The van der Waals surface area contributed by atoms with Crippen LogP contribution in [0.25, 0.3) is 55.3 Å². The molecule has 0 fully saturated rings. The van der Waals surface area contributed by atoms with Crippen molar-refractivity contribution in [3.05, 3.63) is 270 Å². The summed E-state index contributed by atoms with van der Waals surface area (Å²) in [6, 6.07) is 73.7. The van der Waals surface area contributed by atoms with Gasteiger partial charge in [0.15, 0.2) is 0 Å². The molecule has 1 nitrogen and oxygen atoms in total. The van der Waals surface area contributed by atoms with Gasteiger partial charge in [0.2, 0.25) is 0 Å². The van der Waals surface area contributed by atoms with E-state index in [1.54, 1.807) is 0 Å². The second-order valence-electron chi connectivity index (χ2n) is 17.3. The largest absolute Gasteiger partial charge is 0.310 e. The van der Waals surface area contributed by atoms with Crippen molar-refractivity contribution in [3.8, 4) is 44.5 Å². The van der Waals surface area contributed by atoms with Gasteiger partial charge in [-0.2, -0.15) is 0 Å². The van der Waals surface area contributed by atoms with E-state index in [9.17, 15) is 5.48 Å². The van der Waals surface area contributed by atoms with Gasteiger partial charge in [0.1, 0.15) is 0 Å². The molecule has 0 aliphatic heterocycles. The molecule has 10 aromatic rings. The van der Waals surface area contributed by atoms with E-state index >= 15 is 0 Å². The van der Waals surface area contributed by atoms with Crippen LogP contribution in [0.15, 0.2) is 236 Å². The van der Waals surface area contributed by atoms with E-state index in [-0.39, 0.29) is 35.3 Å². The Kier molecular flexibility index (Phi) is 7.55. The lowest BCUT2D eigenvalue weighted by Gasteiger charge is -2.35. The second kappa shape index (κ2) is 14.4. The molecule has 0 heterocycles. The molecule has 10 aromatic carbocycles. The van der Waals surface area contributed by atoms with E-state index < -0.39 is 5.41 Å². The molecule has 0 N–H and O–H groups in total. The average molecular weight is 808 g/mol. The fourth-order valence-electron chi connectivity index (χ4n) is 10.8. The Balaban J connectivity index is 1.11. The highest BCUT2D eigenvalue weighted by Gasteiger charge is 2.46. The van der Waals surface area contributed by atoms with Crippen molar-refractivity contribution in [2.45, 2.75) is 24.7 Å². The van der Waals surface area contributed by atoms with Gasteiger partial charge >= 0.3 is 0 Å². The van der Waals surface area contributed by atoms with Crippen LogP contribution in [0.4, 0.5) is 17.1 Å². The topological polar surface area (TPSA) is 3.24 Å². The molecule has 2 aliphatic rings. The minimum Gasteiger partial charge on any atom is -0.310 e. The van der Waals surface area contributed by atoms with Crippen LogP contribution in [-0.2, 0) is 10.8 Å². The lowest BCUT2D eigenvalue weighted by molar-refractivity contribution is 0.662. The molecule has 0 amide bonds. The van der Waals surface area contributed by atoms with Crippen molar-refractivity contribution < 1.29 is 5.48 Å². The van der Waals surface area contributed by atoms with Gasteiger partial charge in [0.25, 0.3) is 0 Å². The quantitative estimate of drug-likeness (QED) is 0.155. The predicted octanol–water partition coefficient (Wildman–Crippen LogP) is 16.3. The highest BCUT2D eigenvalue weighted by molar-refractivity contribution is 5.93. The minimum atomic E-state index is -0.687. The molecule has 1 heteroatoms. The summed E-state index contributed by atoms with van der Waals surface area (Å²) in [6.07, 6.45) is 0. The maximum absolute atomic E-state index is 10.1. The van der Waals surface area contributed by atoms with E-state index in [2.05, 4.69) is 184 Å². The van der Waals surface area contributed by atoms with Crippen LogP contribution in [0.2, 0.25) is 0 Å². The van der Waals surface area contributed by atoms with E-state index in [1.165, 1.54) is 27.8 Å². The molecule has 63 heavy (non-hydrogen) atoms. The number of nitrogens with zero attached hydrogens (tertiary/aromatic N) is 1. The van der Waals surface area contributed by atoms with Crippen molar-refractivity contribution in [1.82, 2.24) is 0 Å². The zero-order valence-electron chi connectivity index (χ0n) is 39.2. The van der Waals surface area contributed by atoms with Crippen LogP contribution in [0.1, 0.15) is 52.7 Å². The van der Waals surface area contributed by atoms with E-state index in [0.717, 1.165) is 61.1 Å². The van der Waals surface area contributed by atoms with Gasteiger partial charge in [-0.05, 0) is 131 Å². The second-order valence-corrected chi connectivity index (χ2v) is 17.3. The van der Waals surface area contributed by atoms with Crippen molar-refractivity contribution in [3.63, 3.8) is 0 Å². The number of benzene rings is 10. The molecule has 0 bridgehead atoms. The van der Waals surface area contributed by atoms with Gasteiger partial charge in [0, 0.05) is 22.5 Å². The molecule has 0 saturated heterocycles. The van der Waals surface area contributed by atoms with Gasteiger partial charge < -0.3 is 4.90 Å². The summed E-state index contributed by atoms with van der Waals surface area (Å²) in [4.78, 5) is 1.98. The Morgan fingerprint density at radius 3 is 1.70 bits per heavy atom. The van der Waals surface area contributed by atoms with Gasteiger partial charge in [-0.15, -0.1) is 0 Å². The maximum atomic E-state index is 10.1. The molecular formula is C62H45N. The zero-order chi connectivity index (χ0) is 45.6. The monoisotopic (exact) mass is 807 g/mol. The van der Waals surface area contributed by atoms with Crippen molar-refractivity contribution in [1.29, 1.82) is 0 Å². The molecule has 298 valence electrons. The first kappa shape index (κ1) is 33.0. The molecule has 12 rings (SSSR count).